The molecule has 3 heteroatoms. The summed E-state index contributed by atoms with van der Waals surface area (Å²) in [4.78, 5) is 12.2. The Morgan fingerprint density at radius 3 is 2.53 bits per heavy atom. The number of Topliss-reactive ketones (excluding diaryl/α,β-unsaturated/α-hetero) is 1. The third kappa shape index (κ3) is 3.48. The zero-order chi connectivity index (χ0) is 13.7. The first-order chi connectivity index (χ1) is 9.20. The van der Waals surface area contributed by atoms with Gasteiger partial charge in [-0.3, -0.25) is 4.79 Å². The van der Waals surface area contributed by atoms with Crippen LogP contribution >= 0.6 is 0 Å². The molecular formula is C16H15FO2. The Bertz CT molecular complexity index is 552. The fourth-order valence-electron chi connectivity index (χ4n) is 2.02. The lowest BCUT2D eigenvalue weighted by Crippen LogP contribution is -2.16. The molecule has 0 radical (unpaired) electrons. The topological polar surface area (TPSA) is 26.3 Å². The van der Waals surface area contributed by atoms with Crippen molar-refractivity contribution < 1.29 is 13.9 Å². The molecule has 0 spiro atoms. The lowest BCUT2D eigenvalue weighted by atomic mass is 10.00. The largest absolute Gasteiger partial charge is 0.369 e. The smallest absolute Gasteiger partial charge is 0.170 e. The summed E-state index contributed by atoms with van der Waals surface area (Å²) in [6.45, 7) is 0. The standard InChI is InChI=1S/C16H15FO2/c1-19-16(13-7-3-2-4-8-13)15(18)11-12-6-5-9-14(17)10-12/h2-10,16H,11H2,1H3. The van der Waals surface area contributed by atoms with Gasteiger partial charge in [-0.1, -0.05) is 42.5 Å². The lowest BCUT2D eigenvalue weighted by molar-refractivity contribution is -0.128. The van der Waals surface area contributed by atoms with Crippen molar-refractivity contribution in [2.75, 3.05) is 7.11 Å². The van der Waals surface area contributed by atoms with E-state index in [1.807, 2.05) is 30.3 Å². The molecule has 0 heterocycles. The fraction of sp³-hybridized carbons (Fsp3) is 0.188. The number of rotatable bonds is 5. The van der Waals surface area contributed by atoms with Crippen LogP contribution in [-0.4, -0.2) is 12.9 Å². The minimum atomic E-state index is -0.607. The van der Waals surface area contributed by atoms with Gasteiger partial charge in [0.15, 0.2) is 5.78 Å². The van der Waals surface area contributed by atoms with Crippen LogP contribution in [0.4, 0.5) is 4.39 Å². The first-order valence-electron chi connectivity index (χ1n) is 6.05. The van der Waals surface area contributed by atoms with E-state index in [4.69, 9.17) is 4.74 Å². The third-order valence-corrected chi connectivity index (χ3v) is 2.90. The molecule has 0 saturated heterocycles. The van der Waals surface area contributed by atoms with Crippen LogP contribution in [0.3, 0.4) is 0 Å². The number of hydrogen-bond acceptors (Lipinski definition) is 2. The van der Waals surface area contributed by atoms with Gasteiger partial charge in [-0.2, -0.15) is 0 Å². The summed E-state index contributed by atoms with van der Waals surface area (Å²) in [5, 5.41) is 0. The number of ketones is 1. The van der Waals surface area contributed by atoms with Crippen molar-refractivity contribution in [1.29, 1.82) is 0 Å². The molecule has 2 rings (SSSR count). The number of ether oxygens (including phenoxy) is 1. The molecule has 0 fully saturated rings. The van der Waals surface area contributed by atoms with Gasteiger partial charge in [0.25, 0.3) is 0 Å². The van der Waals surface area contributed by atoms with Crippen molar-refractivity contribution in [3.63, 3.8) is 0 Å². The second-order valence-electron chi connectivity index (χ2n) is 4.30. The summed E-state index contributed by atoms with van der Waals surface area (Å²) in [7, 11) is 1.50. The predicted octanol–water partition coefficient (Wildman–Crippen LogP) is 3.33. The van der Waals surface area contributed by atoms with Crippen LogP contribution < -0.4 is 0 Å². The first-order valence-corrected chi connectivity index (χ1v) is 6.05. The minimum Gasteiger partial charge on any atom is -0.369 e. The predicted molar refractivity (Wildman–Crippen MR) is 71.3 cm³/mol. The average Bonchev–Trinajstić information content (AvgIpc) is 2.41. The van der Waals surface area contributed by atoms with E-state index >= 15 is 0 Å². The molecule has 1 unspecified atom stereocenters. The average molecular weight is 258 g/mol. The molecule has 0 saturated carbocycles. The van der Waals surface area contributed by atoms with Crippen molar-refractivity contribution >= 4 is 5.78 Å². The SMILES string of the molecule is COC(C(=O)Cc1cccc(F)c1)c1ccccc1. The molecule has 1 atom stereocenters. The van der Waals surface area contributed by atoms with Gasteiger partial charge in [-0.15, -0.1) is 0 Å². The van der Waals surface area contributed by atoms with E-state index in [1.54, 1.807) is 12.1 Å². The van der Waals surface area contributed by atoms with Gasteiger partial charge in [0.2, 0.25) is 0 Å². The molecule has 19 heavy (non-hydrogen) atoms. The molecule has 2 aromatic carbocycles. The molecule has 0 aliphatic rings. The molecule has 0 aliphatic carbocycles. The number of hydrogen-bond donors (Lipinski definition) is 0. The summed E-state index contributed by atoms with van der Waals surface area (Å²) in [6, 6.07) is 15.4. The second-order valence-corrected chi connectivity index (χ2v) is 4.30. The van der Waals surface area contributed by atoms with Crippen LogP contribution in [0.2, 0.25) is 0 Å². The Morgan fingerprint density at radius 1 is 1.16 bits per heavy atom. The number of methoxy groups -OCH3 is 1. The quantitative estimate of drug-likeness (QED) is 0.822. The van der Waals surface area contributed by atoms with E-state index in [-0.39, 0.29) is 18.0 Å². The molecule has 98 valence electrons. The monoisotopic (exact) mass is 258 g/mol. The molecular weight excluding hydrogens is 243 g/mol. The highest BCUT2D eigenvalue weighted by Gasteiger charge is 2.19. The molecule has 0 amide bonds. The Kier molecular flexibility index (Phi) is 4.42. The summed E-state index contributed by atoms with van der Waals surface area (Å²) in [5.74, 6) is -0.418. The zero-order valence-corrected chi connectivity index (χ0v) is 10.7. The molecule has 0 bridgehead atoms. The van der Waals surface area contributed by atoms with Crippen LogP contribution in [0.5, 0.6) is 0 Å². The van der Waals surface area contributed by atoms with Gasteiger partial charge in [0, 0.05) is 13.5 Å². The van der Waals surface area contributed by atoms with E-state index in [0.717, 1.165) is 5.56 Å². The van der Waals surface area contributed by atoms with Gasteiger partial charge in [-0.25, -0.2) is 4.39 Å². The fourth-order valence-corrected chi connectivity index (χ4v) is 2.02. The molecule has 0 aromatic heterocycles. The highest BCUT2D eigenvalue weighted by Crippen LogP contribution is 2.19. The third-order valence-electron chi connectivity index (χ3n) is 2.90. The van der Waals surface area contributed by atoms with Crippen LogP contribution in [0, 0.1) is 5.82 Å². The van der Waals surface area contributed by atoms with E-state index in [0.29, 0.717) is 5.56 Å². The van der Waals surface area contributed by atoms with Crippen molar-refractivity contribution in [3.05, 3.63) is 71.5 Å². The van der Waals surface area contributed by atoms with Gasteiger partial charge < -0.3 is 4.74 Å². The lowest BCUT2D eigenvalue weighted by Gasteiger charge is -2.14. The number of benzene rings is 2. The zero-order valence-electron chi connectivity index (χ0n) is 10.7. The molecule has 2 aromatic rings. The summed E-state index contributed by atoms with van der Waals surface area (Å²) < 4.78 is 18.3. The highest BCUT2D eigenvalue weighted by atomic mass is 19.1. The summed E-state index contributed by atoms with van der Waals surface area (Å²) in [5.41, 5.74) is 1.47. The van der Waals surface area contributed by atoms with E-state index in [1.165, 1.54) is 19.2 Å². The molecule has 2 nitrogen and oxygen atoms in total. The number of halogens is 1. The Hall–Kier alpha value is -2.00. The maximum absolute atomic E-state index is 13.1. The summed E-state index contributed by atoms with van der Waals surface area (Å²) in [6.07, 6.45) is -0.449. The van der Waals surface area contributed by atoms with Gasteiger partial charge >= 0.3 is 0 Å². The van der Waals surface area contributed by atoms with E-state index < -0.39 is 6.10 Å². The Morgan fingerprint density at radius 2 is 1.89 bits per heavy atom. The van der Waals surface area contributed by atoms with Crippen molar-refractivity contribution in [2.24, 2.45) is 0 Å². The van der Waals surface area contributed by atoms with Crippen LogP contribution in [0.25, 0.3) is 0 Å². The number of carbonyl (C=O) groups is 1. The van der Waals surface area contributed by atoms with Crippen LogP contribution in [0.1, 0.15) is 17.2 Å². The van der Waals surface area contributed by atoms with Gasteiger partial charge in [0.05, 0.1) is 0 Å². The Balaban J connectivity index is 2.14. The first kappa shape index (κ1) is 13.4. The van der Waals surface area contributed by atoms with E-state index in [9.17, 15) is 9.18 Å². The highest BCUT2D eigenvalue weighted by molar-refractivity contribution is 5.86. The van der Waals surface area contributed by atoms with Gasteiger partial charge in [-0.05, 0) is 23.3 Å². The molecule has 0 aliphatic heterocycles. The Labute approximate surface area is 111 Å². The van der Waals surface area contributed by atoms with E-state index in [2.05, 4.69) is 0 Å². The van der Waals surface area contributed by atoms with Crippen molar-refractivity contribution in [3.8, 4) is 0 Å². The maximum atomic E-state index is 13.1. The van der Waals surface area contributed by atoms with Crippen molar-refractivity contribution in [1.82, 2.24) is 0 Å². The number of carbonyl (C=O) groups excluding carboxylic acids is 1. The summed E-state index contributed by atoms with van der Waals surface area (Å²) >= 11 is 0. The van der Waals surface area contributed by atoms with Gasteiger partial charge in [0.1, 0.15) is 11.9 Å². The minimum absolute atomic E-state index is 0.0840. The second kappa shape index (κ2) is 6.25. The normalized spacial score (nSPS) is 12.1. The van der Waals surface area contributed by atoms with Crippen LogP contribution in [0.15, 0.2) is 54.6 Å². The van der Waals surface area contributed by atoms with Crippen molar-refractivity contribution in [2.45, 2.75) is 12.5 Å². The van der Waals surface area contributed by atoms with Crippen LogP contribution in [-0.2, 0) is 16.0 Å². The molecule has 0 N–H and O–H groups in total. The maximum Gasteiger partial charge on any atom is 0.170 e.